The smallest absolute Gasteiger partial charge is 0.192 e. The van der Waals surface area contributed by atoms with Gasteiger partial charge < -0.3 is 19.1 Å². The molecule has 6 heteroatoms. The highest BCUT2D eigenvalue weighted by Crippen LogP contribution is 2.75. The molecule has 0 unspecified atom stereocenters. The Morgan fingerprint density at radius 3 is 2.03 bits per heavy atom. The average molecular weight is 577 g/mol. The lowest BCUT2D eigenvalue weighted by molar-refractivity contribution is -0.165. The van der Waals surface area contributed by atoms with Crippen LogP contribution in [-0.4, -0.2) is 51.3 Å². The fraction of sp³-hybridized carbons (Fsp3) is 0.939. The number of aliphatic hydroxyl groups is 2. The number of fused-ring (bicyclic) bond motifs is 7. The maximum Gasteiger partial charge on any atom is 0.192 e. The molecule has 39 heavy (non-hydrogen) atoms. The largest absolute Gasteiger partial charge is 0.414 e. The molecule has 0 aromatic rings. The Bertz CT molecular complexity index is 1010. The summed E-state index contributed by atoms with van der Waals surface area (Å²) in [6, 6.07) is 0. The number of aliphatic hydroxyl groups excluding tert-OH is 1. The van der Waals surface area contributed by atoms with E-state index in [0.29, 0.717) is 29.8 Å². The normalized spacial score (nSPS) is 46.1. The van der Waals surface area contributed by atoms with Gasteiger partial charge in [-0.25, -0.2) is 0 Å². The van der Waals surface area contributed by atoms with Crippen LogP contribution in [0.25, 0.3) is 0 Å². The molecule has 4 saturated carbocycles. The summed E-state index contributed by atoms with van der Waals surface area (Å²) in [6.07, 6.45) is 9.34. The predicted molar refractivity (Wildman–Crippen MR) is 166 cm³/mol. The van der Waals surface area contributed by atoms with Crippen LogP contribution in [0.15, 0.2) is 11.6 Å². The standard InChI is InChI=1S/C33H60O4Si2/c1-29(2,3)38(9,10)36-22-13-15-31(7)21(17-22)19-33(35,20-34)27-25(31)14-16-32(8)26(27)23-18-24(23)28(32)37-39(11,12)30(4,5)6/h19,22-28,34-35H,13-18,20H2,1-12H3/t22-,23+,24-,25-,26-,27+,28-,31-,32-,33+/m0/s1. The molecule has 10 atom stereocenters. The number of hydrogen-bond donors (Lipinski definition) is 2. The van der Waals surface area contributed by atoms with Gasteiger partial charge in [-0.2, -0.15) is 0 Å². The second kappa shape index (κ2) is 9.01. The third-order valence-corrected chi connectivity index (χ3v) is 22.7. The lowest BCUT2D eigenvalue weighted by Gasteiger charge is -2.63. The third kappa shape index (κ3) is 4.56. The Morgan fingerprint density at radius 2 is 1.46 bits per heavy atom. The van der Waals surface area contributed by atoms with Gasteiger partial charge in [-0.1, -0.05) is 67.0 Å². The van der Waals surface area contributed by atoms with E-state index in [1.165, 1.54) is 18.4 Å². The second-order valence-electron chi connectivity index (χ2n) is 18.0. The molecule has 4 nitrogen and oxygen atoms in total. The molecule has 0 spiro atoms. The molecular formula is C33H60O4Si2. The highest BCUT2D eigenvalue weighted by Gasteiger charge is 2.74. The molecule has 0 aromatic carbocycles. The van der Waals surface area contributed by atoms with Gasteiger partial charge in [0, 0.05) is 12.0 Å². The number of hydrogen-bond acceptors (Lipinski definition) is 4. The van der Waals surface area contributed by atoms with Crippen molar-refractivity contribution in [3.05, 3.63) is 11.6 Å². The third-order valence-electron chi connectivity index (χ3n) is 13.7. The van der Waals surface area contributed by atoms with Crippen molar-refractivity contribution in [2.75, 3.05) is 6.61 Å². The van der Waals surface area contributed by atoms with Crippen LogP contribution in [0.1, 0.15) is 93.9 Å². The van der Waals surface area contributed by atoms with E-state index in [9.17, 15) is 10.2 Å². The lowest BCUT2D eigenvalue weighted by atomic mass is 9.44. The lowest BCUT2D eigenvalue weighted by Crippen LogP contribution is -2.63. The van der Waals surface area contributed by atoms with Crippen molar-refractivity contribution in [3.8, 4) is 0 Å². The van der Waals surface area contributed by atoms with Crippen molar-refractivity contribution in [1.82, 2.24) is 0 Å². The second-order valence-corrected chi connectivity index (χ2v) is 27.6. The zero-order chi connectivity index (χ0) is 29.2. The molecule has 5 aliphatic rings. The predicted octanol–water partition coefficient (Wildman–Crippen LogP) is 7.92. The minimum absolute atomic E-state index is 0.0811. The summed E-state index contributed by atoms with van der Waals surface area (Å²) in [5.74, 6) is 2.20. The molecule has 0 amide bonds. The van der Waals surface area contributed by atoms with E-state index in [2.05, 4.69) is 87.7 Å². The highest BCUT2D eigenvalue weighted by atomic mass is 28.4. The van der Waals surface area contributed by atoms with E-state index in [1.807, 2.05) is 0 Å². The van der Waals surface area contributed by atoms with Gasteiger partial charge in [0.1, 0.15) is 5.60 Å². The maximum atomic E-state index is 12.3. The average Bonchev–Trinajstić information content (AvgIpc) is 3.52. The van der Waals surface area contributed by atoms with Crippen molar-refractivity contribution >= 4 is 16.6 Å². The van der Waals surface area contributed by atoms with Gasteiger partial charge >= 0.3 is 0 Å². The van der Waals surface area contributed by atoms with E-state index >= 15 is 0 Å². The highest BCUT2D eigenvalue weighted by molar-refractivity contribution is 6.74. The minimum atomic E-state index is -1.91. The van der Waals surface area contributed by atoms with Crippen LogP contribution in [-0.2, 0) is 8.85 Å². The molecule has 0 radical (unpaired) electrons. The molecule has 224 valence electrons. The Kier molecular flexibility index (Phi) is 7.04. The molecule has 0 bridgehead atoms. The van der Waals surface area contributed by atoms with E-state index < -0.39 is 22.2 Å². The molecular weight excluding hydrogens is 517 g/mol. The van der Waals surface area contributed by atoms with E-state index in [0.717, 1.165) is 25.7 Å². The summed E-state index contributed by atoms with van der Waals surface area (Å²) in [4.78, 5) is 0. The zero-order valence-corrected chi connectivity index (χ0v) is 29.3. The van der Waals surface area contributed by atoms with Crippen molar-refractivity contribution in [2.45, 2.75) is 148 Å². The zero-order valence-electron chi connectivity index (χ0n) is 27.3. The van der Waals surface area contributed by atoms with Crippen molar-refractivity contribution in [2.24, 2.45) is 40.4 Å². The van der Waals surface area contributed by atoms with Gasteiger partial charge in [-0.15, -0.1) is 0 Å². The fourth-order valence-electron chi connectivity index (χ4n) is 9.23. The molecule has 4 fully saturated rings. The van der Waals surface area contributed by atoms with Gasteiger partial charge in [0.15, 0.2) is 16.6 Å². The monoisotopic (exact) mass is 576 g/mol. The molecule has 0 aliphatic heterocycles. The van der Waals surface area contributed by atoms with Crippen LogP contribution in [0.5, 0.6) is 0 Å². The van der Waals surface area contributed by atoms with E-state index in [-0.39, 0.29) is 39.5 Å². The first kappa shape index (κ1) is 30.5. The summed E-state index contributed by atoms with van der Waals surface area (Å²) in [5, 5.41) is 23.6. The quantitative estimate of drug-likeness (QED) is 0.258. The van der Waals surface area contributed by atoms with Crippen LogP contribution in [0, 0.1) is 40.4 Å². The molecule has 2 N–H and O–H groups in total. The first-order valence-corrected chi connectivity index (χ1v) is 21.8. The summed E-state index contributed by atoms with van der Waals surface area (Å²) in [7, 11) is -3.79. The topological polar surface area (TPSA) is 58.9 Å². The maximum absolute atomic E-state index is 12.3. The van der Waals surface area contributed by atoms with Crippen LogP contribution in [0.3, 0.4) is 0 Å². The summed E-state index contributed by atoms with van der Waals surface area (Å²) >= 11 is 0. The number of rotatable bonds is 5. The Hall–Kier alpha value is 0.0138. The summed E-state index contributed by atoms with van der Waals surface area (Å²) in [6.45, 7) is 28.3. The summed E-state index contributed by atoms with van der Waals surface area (Å²) in [5.41, 5.74) is 0.378. The van der Waals surface area contributed by atoms with Crippen molar-refractivity contribution in [3.63, 3.8) is 0 Å². The van der Waals surface area contributed by atoms with Crippen LogP contribution >= 0.6 is 0 Å². The van der Waals surface area contributed by atoms with E-state index in [1.54, 1.807) is 0 Å². The fourth-order valence-corrected chi connectivity index (χ4v) is 12.0. The Morgan fingerprint density at radius 1 is 0.872 bits per heavy atom. The van der Waals surface area contributed by atoms with Crippen molar-refractivity contribution < 1.29 is 19.1 Å². The van der Waals surface area contributed by atoms with Gasteiger partial charge in [0.05, 0.1) is 12.7 Å². The first-order chi connectivity index (χ1) is 17.6. The molecule has 5 rings (SSSR count). The SMILES string of the molecule is CC(C)(C)[Si](C)(C)O[C@H]1CC[C@@]2(C)C(=C[C@@](O)(CO)[C@H]3[C@@H]4[C@@H]5C[C@@H]5[C@H](O[Si](C)(C)C(C)(C)C)[C@@]4(C)CC[C@@H]32)C1. The van der Waals surface area contributed by atoms with Gasteiger partial charge in [-0.05, 0) is 109 Å². The van der Waals surface area contributed by atoms with E-state index in [4.69, 9.17) is 8.85 Å². The molecule has 0 aromatic heterocycles. The van der Waals surface area contributed by atoms with Gasteiger partial charge in [0.2, 0.25) is 0 Å². The van der Waals surface area contributed by atoms with Gasteiger partial charge in [-0.3, -0.25) is 0 Å². The van der Waals surface area contributed by atoms with Crippen molar-refractivity contribution in [1.29, 1.82) is 0 Å². The molecule has 0 saturated heterocycles. The van der Waals surface area contributed by atoms with Crippen LogP contribution in [0.2, 0.25) is 36.3 Å². The molecule has 0 heterocycles. The minimum Gasteiger partial charge on any atom is -0.414 e. The Labute approximate surface area is 242 Å². The summed E-state index contributed by atoms with van der Waals surface area (Å²) < 4.78 is 14.2. The van der Waals surface area contributed by atoms with Gasteiger partial charge in [0.25, 0.3) is 0 Å². The van der Waals surface area contributed by atoms with Crippen LogP contribution in [0.4, 0.5) is 0 Å². The van der Waals surface area contributed by atoms with Crippen LogP contribution < -0.4 is 0 Å². The molecule has 5 aliphatic carbocycles. The first-order valence-electron chi connectivity index (χ1n) is 16.0. The Balaban J connectivity index is 1.46.